The quantitative estimate of drug-likeness (QED) is 0.940. The molecule has 1 fully saturated rings. The molecule has 2 N–H and O–H groups in total. The molecular weight excluding hydrogens is 298 g/mol. The molecule has 0 bridgehead atoms. The Balaban J connectivity index is 1.69. The van der Waals surface area contributed by atoms with Crippen molar-refractivity contribution in [3.05, 3.63) is 29.5 Å². The maximum atomic E-state index is 12.6. The van der Waals surface area contributed by atoms with Crippen molar-refractivity contribution in [1.82, 2.24) is 9.88 Å². The lowest BCUT2D eigenvalue weighted by Gasteiger charge is -2.39. The number of likely N-dealkylation sites (tertiary alicyclic amines) is 1. The van der Waals surface area contributed by atoms with Gasteiger partial charge in [0.05, 0.1) is 17.0 Å². The van der Waals surface area contributed by atoms with Gasteiger partial charge in [0, 0.05) is 19.1 Å². The zero-order chi connectivity index (χ0) is 15.5. The highest BCUT2D eigenvalue weighted by Gasteiger charge is 2.31. The monoisotopic (exact) mass is 319 g/mol. The fourth-order valence-electron chi connectivity index (χ4n) is 3.08. The molecule has 0 radical (unpaired) electrons. The number of carbonyl (C=O) groups is 1. The van der Waals surface area contributed by atoms with Crippen LogP contribution in [-0.4, -0.2) is 34.9 Å². The van der Waals surface area contributed by atoms with Gasteiger partial charge in [0.25, 0.3) is 0 Å². The van der Waals surface area contributed by atoms with Gasteiger partial charge >= 0.3 is 0 Å². The van der Waals surface area contributed by atoms with Gasteiger partial charge in [-0.25, -0.2) is 4.98 Å². The fourth-order valence-corrected chi connectivity index (χ4v) is 3.73. The lowest BCUT2D eigenvalue weighted by molar-refractivity contribution is -0.135. The van der Waals surface area contributed by atoms with Crippen molar-refractivity contribution in [2.24, 2.45) is 11.7 Å². The van der Waals surface area contributed by atoms with E-state index < -0.39 is 0 Å². The second kappa shape index (κ2) is 6.62. The molecular formula is C16H21N3O2S. The number of piperidine rings is 1. The van der Waals surface area contributed by atoms with Crippen molar-refractivity contribution in [2.75, 3.05) is 13.1 Å². The summed E-state index contributed by atoms with van der Waals surface area (Å²) in [5, 5.41) is 1.98. The number of amides is 1. The van der Waals surface area contributed by atoms with Crippen molar-refractivity contribution < 1.29 is 9.21 Å². The molecule has 0 aliphatic carbocycles. The van der Waals surface area contributed by atoms with Crippen molar-refractivity contribution in [2.45, 2.75) is 32.2 Å². The summed E-state index contributed by atoms with van der Waals surface area (Å²) in [7, 11) is 0. The summed E-state index contributed by atoms with van der Waals surface area (Å²) in [5.41, 5.74) is 6.54. The SMILES string of the molecule is C[C@H]1CCCN(C(=O)Cc2coc(-c3cccs3)n2)[C@@H]1CN. The van der Waals surface area contributed by atoms with Gasteiger partial charge in [0.2, 0.25) is 11.8 Å². The topological polar surface area (TPSA) is 72.4 Å². The Morgan fingerprint density at radius 1 is 1.59 bits per heavy atom. The molecule has 0 aromatic carbocycles. The van der Waals surface area contributed by atoms with E-state index in [1.807, 2.05) is 22.4 Å². The first-order valence-corrected chi connectivity index (χ1v) is 8.55. The molecule has 0 unspecified atom stereocenters. The van der Waals surface area contributed by atoms with Crippen molar-refractivity contribution in [1.29, 1.82) is 0 Å². The Morgan fingerprint density at radius 2 is 2.45 bits per heavy atom. The molecule has 3 rings (SSSR count). The number of hydrogen-bond donors (Lipinski definition) is 1. The number of aromatic nitrogens is 1. The molecule has 1 amide bonds. The molecule has 1 aliphatic rings. The van der Waals surface area contributed by atoms with E-state index in [-0.39, 0.29) is 18.4 Å². The number of carbonyl (C=O) groups excluding carboxylic acids is 1. The third-order valence-electron chi connectivity index (χ3n) is 4.29. The van der Waals surface area contributed by atoms with Gasteiger partial charge in [-0.15, -0.1) is 11.3 Å². The number of nitrogens with two attached hydrogens (primary N) is 1. The predicted molar refractivity (Wildman–Crippen MR) is 86.5 cm³/mol. The van der Waals surface area contributed by atoms with E-state index in [1.54, 1.807) is 17.6 Å². The molecule has 22 heavy (non-hydrogen) atoms. The molecule has 2 aromatic heterocycles. The van der Waals surface area contributed by atoms with Crippen LogP contribution in [0.25, 0.3) is 10.8 Å². The standard InChI is InChI=1S/C16H21N3O2S/c1-11-4-2-6-19(13(11)9-17)15(20)8-12-10-21-16(18-12)14-5-3-7-22-14/h3,5,7,10-11,13H,2,4,6,8-9,17H2,1H3/t11-,13+/m0/s1. The van der Waals surface area contributed by atoms with Crippen molar-refractivity contribution in [3.63, 3.8) is 0 Å². The minimum atomic E-state index is 0.0908. The summed E-state index contributed by atoms with van der Waals surface area (Å²) in [6.45, 7) is 3.48. The lowest BCUT2D eigenvalue weighted by atomic mass is 9.90. The van der Waals surface area contributed by atoms with E-state index in [9.17, 15) is 4.79 Å². The van der Waals surface area contributed by atoms with Crippen LogP contribution in [0, 0.1) is 5.92 Å². The predicted octanol–water partition coefficient (Wildman–Crippen LogP) is 2.53. The smallest absolute Gasteiger partial charge is 0.236 e. The molecule has 1 saturated heterocycles. The van der Waals surface area contributed by atoms with Crippen LogP contribution in [0.3, 0.4) is 0 Å². The summed E-state index contributed by atoms with van der Waals surface area (Å²) in [6.07, 6.45) is 4.04. The molecule has 3 heterocycles. The number of nitrogens with zero attached hydrogens (tertiary/aromatic N) is 2. The zero-order valence-corrected chi connectivity index (χ0v) is 13.5. The van der Waals surface area contributed by atoms with E-state index in [1.165, 1.54) is 0 Å². The molecule has 6 heteroatoms. The maximum Gasteiger partial charge on any atom is 0.236 e. The molecule has 1 aliphatic heterocycles. The minimum Gasteiger partial charge on any atom is -0.444 e. The first-order chi connectivity index (χ1) is 10.7. The van der Waals surface area contributed by atoms with Crippen LogP contribution in [0.2, 0.25) is 0 Å². The van der Waals surface area contributed by atoms with Gasteiger partial charge in [-0.2, -0.15) is 0 Å². The third-order valence-corrected chi connectivity index (χ3v) is 5.15. The van der Waals surface area contributed by atoms with Crippen LogP contribution >= 0.6 is 11.3 Å². The van der Waals surface area contributed by atoms with E-state index >= 15 is 0 Å². The first kappa shape index (κ1) is 15.2. The highest BCUT2D eigenvalue weighted by molar-refractivity contribution is 7.13. The van der Waals surface area contributed by atoms with Crippen molar-refractivity contribution >= 4 is 17.2 Å². The van der Waals surface area contributed by atoms with E-state index in [2.05, 4.69) is 11.9 Å². The first-order valence-electron chi connectivity index (χ1n) is 7.67. The Kier molecular flexibility index (Phi) is 4.59. The third kappa shape index (κ3) is 3.08. The van der Waals surface area contributed by atoms with Crippen LogP contribution in [-0.2, 0) is 11.2 Å². The lowest BCUT2D eigenvalue weighted by Crippen LogP contribution is -2.51. The number of rotatable bonds is 4. The highest BCUT2D eigenvalue weighted by Crippen LogP contribution is 2.25. The second-order valence-corrected chi connectivity index (χ2v) is 6.76. The normalized spacial score (nSPS) is 22.0. The number of thiophene rings is 1. The van der Waals surface area contributed by atoms with Crippen LogP contribution in [0.1, 0.15) is 25.5 Å². The maximum absolute atomic E-state index is 12.6. The van der Waals surface area contributed by atoms with Gasteiger partial charge in [-0.1, -0.05) is 13.0 Å². The highest BCUT2D eigenvalue weighted by atomic mass is 32.1. The van der Waals surface area contributed by atoms with Crippen LogP contribution in [0.15, 0.2) is 28.2 Å². The summed E-state index contributed by atoms with van der Waals surface area (Å²) in [4.78, 5) is 19.9. The van der Waals surface area contributed by atoms with Gasteiger partial charge in [-0.3, -0.25) is 4.79 Å². The van der Waals surface area contributed by atoms with Gasteiger partial charge in [0.15, 0.2) is 0 Å². The average molecular weight is 319 g/mol. The Hall–Kier alpha value is -1.66. The van der Waals surface area contributed by atoms with E-state index in [0.717, 1.165) is 24.3 Å². The average Bonchev–Trinajstić information content (AvgIpc) is 3.17. The molecule has 0 saturated carbocycles. The van der Waals surface area contributed by atoms with Gasteiger partial charge in [0.1, 0.15) is 6.26 Å². The molecule has 2 atom stereocenters. The second-order valence-electron chi connectivity index (χ2n) is 5.81. The van der Waals surface area contributed by atoms with Crippen LogP contribution in [0.4, 0.5) is 0 Å². The van der Waals surface area contributed by atoms with Gasteiger partial charge < -0.3 is 15.1 Å². The summed E-state index contributed by atoms with van der Waals surface area (Å²) in [5.74, 6) is 1.13. The number of oxazole rings is 1. The molecule has 5 nitrogen and oxygen atoms in total. The Labute approximate surface area is 134 Å². The molecule has 118 valence electrons. The number of hydrogen-bond acceptors (Lipinski definition) is 5. The molecule has 2 aromatic rings. The minimum absolute atomic E-state index is 0.0908. The largest absolute Gasteiger partial charge is 0.444 e. The zero-order valence-electron chi connectivity index (χ0n) is 12.7. The fraction of sp³-hybridized carbons (Fsp3) is 0.500. The van der Waals surface area contributed by atoms with Crippen LogP contribution < -0.4 is 5.73 Å². The summed E-state index contributed by atoms with van der Waals surface area (Å²) < 4.78 is 5.48. The Morgan fingerprint density at radius 3 is 3.18 bits per heavy atom. The summed E-state index contributed by atoms with van der Waals surface area (Å²) in [6, 6.07) is 4.06. The van der Waals surface area contributed by atoms with E-state index in [0.29, 0.717) is 24.0 Å². The van der Waals surface area contributed by atoms with E-state index in [4.69, 9.17) is 10.2 Å². The van der Waals surface area contributed by atoms with Crippen molar-refractivity contribution in [3.8, 4) is 10.8 Å². The Bertz CT molecular complexity index is 623. The summed E-state index contributed by atoms with van der Waals surface area (Å²) >= 11 is 1.57. The molecule has 0 spiro atoms. The van der Waals surface area contributed by atoms with Crippen LogP contribution in [0.5, 0.6) is 0 Å². The van der Waals surface area contributed by atoms with Gasteiger partial charge in [-0.05, 0) is 30.2 Å².